The molecule has 0 saturated heterocycles. The zero-order valence-electron chi connectivity index (χ0n) is 14.1. The van der Waals surface area contributed by atoms with E-state index in [-0.39, 0.29) is 31.1 Å². The number of hydrogen-bond donors (Lipinski definition) is 2. The van der Waals surface area contributed by atoms with Gasteiger partial charge in [-0.2, -0.15) is 4.80 Å². The number of ether oxygens (including phenoxy) is 1. The number of tetrazole rings is 1. The van der Waals surface area contributed by atoms with Gasteiger partial charge in [0.2, 0.25) is 5.82 Å². The second-order valence-electron chi connectivity index (χ2n) is 5.66. The molecule has 0 spiro atoms. The maximum atomic E-state index is 11.9. The number of rotatable bonds is 8. The number of nitrogens with zero attached hydrogens (tertiary/aromatic N) is 4. The number of aryl methyl sites for hydroxylation is 1. The van der Waals surface area contributed by atoms with Gasteiger partial charge in [-0.25, -0.2) is 0 Å². The average molecular weight is 333 g/mol. The highest BCUT2D eigenvalue weighted by molar-refractivity contribution is 5.77. The van der Waals surface area contributed by atoms with Gasteiger partial charge in [0.25, 0.3) is 5.91 Å². The molecule has 0 bridgehead atoms. The van der Waals surface area contributed by atoms with E-state index in [9.17, 15) is 9.90 Å². The van der Waals surface area contributed by atoms with E-state index in [1.165, 1.54) is 4.80 Å². The minimum absolute atomic E-state index is 0.0828. The van der Waals surface area contributed by atoms with E-state index >= 15 is 0 Å². The van der Waals surface area contributed by atoms with Crippen molar-refractivity contribution < 1.29 is 14.6 Å². The lowest BCUT2D eigenvalue weighted by Crippen LogP contribution is -2.43. The van der Waals surface area contributed by atoms with Crippen LogP contribution in [0.3, 0.4) is 0 Å². The Kier molecular flexibility index (Phi) is 6.25. The maximum absolute atomic E-state index is 11.9. The summed E-state index contributed by atoms with van der Waals surface area (Å²) in [5, 5.41) is 23.9. The van der Waals surface area contributed by atoms with E-state index in [1.54, 1.807) is 31.3 Å². The van der Waals surface area contributed by atoms with Crippen molar-refractivity contribution in [1.29, 1.82) is 0 Å². The molecular formula is C16H23N5O3. The van der Waals surface area contributed by atoms with Crippen LogP contribution in [0.1, 0.15) is 20.3 Å². The number of nitrogens with one attached hydrogen (secondary N) is 1. The Morgan fingerprint density at radius 3 is 2.62 bits per heavy atom. The van der Waals surface area contributed by atoms with Crippen LogP contribution in [0.2, 0.25) is 0 Å². The fourth-order valence-corrected chi connectivity index (χ4v) is 2.15. The number of aliphatic hydroxyl groups excluding tert-OH is 1. The van der Waals surface area contributed by atoms with Crippen LogP contribution in [0.15, 0.2) is 24.3 Å². The van der Waals surface area contributed by atoms with Gasteiger partial charge in [-0.15, -0.1) is 10.2 Å². The Labute approximate surface area is 140 Å². The van der Waals surface area contributed by atoms with Crippen molar-refractivity contribution in [1.82, 2.24) is 25.5 Å². The zero-order chi connectivity index (χ0) is 17.5. The summed E-state index contributed by atoms with van der Waals surface area (Å²) in [4.78, 5) is 13.3. The Balaban J connectivity index is 1.86. The fourth-order valence-electron chi connectivity index (χ4n) is 2.15. The number of carbonyl (C=O) groups excluding carboxylic acids is 1. The van der Waals surface area contributed by atoms with Gasteiger partial charge >= 0.3 is 0 Å². The first-order valence-electron chi connectivity index (χ1n) is 7.91. The average Bonchev–Trinajstić information content (AvgIpc) is 3.04. The molecule has 0 aliphatic heterocycles. The molecule has 0 radical (unpaired) electrons. The van der Waals surface area contributed by atoms with E-state index in [1.807, 2.05) is 13.8 Å². The van der Waals surface area contributed by atoms with E-state index in [0.717, 1.165) is 12.0 Å². The molecule has 0 aliphatic rings. The number of hydrogen-bond acceptors (Lipinski definition) is 6. The summed E-state index contributed by atoms with van der Waals surface area (Å²) in [6, 6.07) is 6.85. The van der Waals surface area contributed by atoms with Gasteiger partial charge in [0.15, 0.2) is 6.61 Å². The smallest absolute Gasteiger partial charge is 0.258 e. The molecule has 0 fully saturated rings. The second kappa shape index (κ2) is 8.39. The minimum atomic E-state index is -0.256. The topological polar surface area (TPSA) is 102 Å². The molecule has 130 valence electrons. The van der Waals surface area contributed by atoms with Gasteiger partial charge < -0.3 is 15.2 Å². The molecule has 1 amide bonds. The van der Waals surface area contributed by atoms with E-state index in [2.05, 4.69) is 20.7 Å². The first-order valence-corrected chi connectivity index (χ1v) is 7.91. The highest BCUT2D eigenvalue weighted by Gasteiger charge is 2.17. The van der Waals surface area contributed by atoms with Gasteiger partial charge in [-0.1, -0.05) is 20.3 Å². The predicted molar refractivity (Wildman–Crippen MR) is 88.2 cm³/mol. The van der Waals surface area contributed by atoms with Crippen LogP contribution in [0.4, 0.5) is 0 Å². The summed E-state index contributed by atoms with van der Waals surface area (Å²) < 4.78 is 5.47. The molecule has 8 heteroatoms. The van der Waals surface area contributed by atoms with Crippen molar-refractivity contribution in [3.63, 3.8) is 0 Å². The normalized spacial score (nSPS) is 13.3. The SMILES string of the molecule is CC[C@@H](C)[C@@H](CO)NC(=O)COc1ccc(-c2nnn(C)n2)cc1. The monoisotopic (exact) mass is 333 g/mol. The molecule has 1 aromatic heterocycles. The molecule has 1 aromatic carbocycles. The molecule has 2 rings (SSSR count). The summed E-state index contributed by atoms with van der Waals surface area (Å²) >= 11 is 0. The number of carbonyl (C=O) groups is 1. The van der Waals surface area contributed by atoms with Crippen LogP contribution in [-0.2, 0) is 11.8 Å². The maximum Gasteiger partial charge on any atom is 0.258 e. The number of aliphatic hydroxyl groups is 1. The number of amides is 1. The molecule has 0 unspecified atom stereocenters. The molecule has 2 aromatic rings. The third-order valence-electron chi connectivity index (χ3n) is 3.86. The standard InChI is InChI=1S/C16H23N5O3/c1-4-11(2)14(9-22)17-15(23)10-24-13-7-5-12(6-8-13)16-18-20-21(3)19-16/h5-8,11,14,22H,4,9-10H2,1-3H3,(H,17,23)/t11-,14-/m1/s1. The summed E-state index contributed by atoms with van der Waals surface area (Å²) in [6.45, 7) is 3.82. The van der Waals surface area contributed by atoms with Gasteiger partial charge in [-0.3, -0.25) is 4.79 Å². The minimum Gasteiger partial charge on any atom is -0.484 e. The molecule has 2 N–H and O–H groups in total. The van der Waals surface area contributed by atoms with Crippen molar-refractivity contribution >= 4 is 5.91 Å². The largest absolute Gasteiger partial charge is 0.484 e. The van der Waals surface area contributed by atoms with Crippen LogP contribution in [-0.4, -0.2) is 50.5 Å². The van der Waals surface area contributed by atoms with Crippen LogP contribution < -0.4 is 10.1 Å². The Hall–Kier alpha value is -2.48. The lowest BCUT2D eigenvalue weighted by Gasteiger charge is -2.22. The lowest BCUT2D eigenvalue weighted by atomic mass is 10.00. The highest BCUT2D eigenvalue weighted by Crippen LogP contribution is 2.18. The van der Waals surface area contributed by atoms with Crippen molar-refractivity contribution in [3.8, 4) is 17.1 Å². The van der Waals surface area contributed by atoms with Gasteiger partial charge in [-0.05, 0) is 35.4 Å². The number of benzene rings is 1. The van der Waals surface area contributed by atoms with Crippen LogP contribution in [0.25, 0.3) is 11.4 Å². The third kappa shape index (κ3) is 4.76. The molecule has 0 saturated carbocycles. The summed E-state index contributed by atoms with van der Waals surface area (Å²) in [6.07, 6.45) is 0.879. The molecule has 24 heavy (non-hydrogen) atoms. The van der Waals surface area contributed by atoms with Crippen molar-refractivity contribution in [2.75, 3.05) is 13.2 Å². The predicted octanol–water partition coefficient (Wildman–Crippen LogP) is 0.779. The fraction of sp³-hybridized carbons (Fsp3) is 0.500. The lowest BCUT2D eigenvalue weighted by molar-refractivity contribution is -0.124. The zero-order valence-corrected chi connectivity index (χ0v) is 14.1. The molecule has 2 atom stereocenters. The van der Waals surface area contributed by atoms with Gasteiger partial charge in [0, 0.05) is 5.56 Å². The summed E-state index contributed by atoms with van der Waals surface area (Å²) in [5.41, 5.74) is 0.817. The second-order valence-corrected chi connectivity index (χ2v) is 5.66. The van der Waals surface area contributed by atoms with Crippen molar-refractivity contribution in [2.24, 2.45) is 13.0 Å². The van der Waals surface area contributed by atoms with E-state index in [4.69, 9.17) is 4.74 Å². The number of aromatic nitrogens is 4. The van der Waals surface area contributed by atoms with Crippen molar-refractivity contribution in [2.45, 2.75) is 26.3 Å². The van der Waals surface area contributed by atoms with E-state index < -0.39 is 0 Å². The van der Waals surface area contributed by atoms with Crippen LogP contribution >= 0.6 is 0 Å². The first-order chi connectivity index (χ1) is 11.5. The van der Waals surface area contributed by atoms with Crippen molar-refractivity contribution in [3.05, 3.63) is 24.3 Å². The van der Waals surface area contributed by atoms with Crippen LogP contribution in [0.5, 0.6) is 5.75 Å². The van der Waals surface area contributed by atoms with Gasteiger partial charge in [0.05, 0.1) is 19.7 Å². The summed E-state index contributed by atoms with van der Waals surface area (Å²) in [7, 11) is 1.70. The van der Waals surface area contributed by atoms with E-state index in [0.29, 0.717) is 11.6 Å². The molecule has 0 aliphatic carbocycles. The Morgan fingerprint density at radius 1 is 1.38 bits per heavy atom. The summed E-state index contributed by atoms with van der Waals surface area (Å²) in [5.74, 6) is 1.05. The molecule has 1 heterocycles. The quantitative estimate of drug-likeness (QED) is 0.740. The first kappa shape index (κ1) is 17.9. The highest BCUT2D eigenvalue weighted by atomic mass is 16.5. The third-order valence-corrected chi connectivity index (χ3v) is 3.86. The Bertz CT molecular complexity index is 656. The van der Waals surface area contributed by atoms with Gasteiger partial charge in [0.1, 0.15) is 5.75 Å². The van der Waals surface area contributed by atoms with Crippen LogP contribution in [0, 0.1) is 5.92 Å². The molecule has 8 nitrogen and oxygen atoms in total. The Morgan fingerprint density at radius 2 is 2.08 bits per heavy atom. The molecular weight excluding hydrogens is 310 g/mol.